The Bertz CT molecular complexity index is 1130. The van der Waals surface area contributed by atoms with Crippen LogP contribution in [0.4, 0.5) is 11.4 Å². The number of nitrogens with zero attached hydrogens (tertiary/aromatic N) is 1. The predicted molar refractivity (Wildman–Crippen MR) is 120 cm³/mol. The first-order valence-electron chi connectivity index (χ1n) is 9.93. The molecule has 0 saturated carbocycles. The van der Waals surface area contributed by atoms with Crippen molar-refractivity contribution in [3.05, 3.63) is 83.2 Å². The predicted octanol–water partition coefficient (Wildman–Crippen LogP) is 4.08. The topological polar surface area (TPSA) is 107 Å². The molecular formula is C24H23N3O5. The zero-order chi connectivity index (χ0) is 23.1. The average Bonchev–Trinajstić information content (AvgIpc) is 2.80. The number of nitrogens with one attached hydrogen (secondary N) is 2. The molecule has 8 nitrogen and oxygen atoms in total. The number of ether oxygens (including phenoxy) is 2. The number of carbonyl (C=O) groups is 3. The number of carbonyl (C=O) groups excluding carboxylic acids is 3. The standard InChI is InChI=1S/C24H23N3O5/c1-4-32-24(30)20-13-14-21(25-15(20)2)23(29)27-17-7-5-16(6-8-17)22(28)26-18-9-11-19(31-3)12-10-18/h5-14H,4H2,1-3H3,(H,26,28)(H,27,29). The van der Waals surface area contributed by atoms with Gasteiger partial charge in [-0.15, -0.1) is 0 Å². The molecule has 32 heavy (non-hydrogen) atoms. The van der Waals surface area contributed by atoms with Crippen molar-refractivity contribution in [3.63, 3.8) is 0 Å². The van der Waals surface area contributed by atoms with E-state index in [9.17, 15) is 14.4 Å². The molecular weight excluding hydrogens is 410 g/mol. The highest BCUT2D eigenvalue weighted by Crippen LogP contribution is 2.17. The van der Waals surface area contributed by atoms with Gasteiger partial charge in [-0.25, -0.2) is 9.78 Å². The van der Waals surface area contributed by atoms with E-state index in [1.165, 1.54) is 12.1 Å². The van der Waals surface area contributed by atoms with Crippen LogP contribution in [0.25, 0.3) is 0 Å². The van der Waals surface area contributed by atoms with E-state index in [1.54, 1.807) is 69.5 Å². The van der Waals surface area contributed by atoms with Gasteiger partial charge in [0.25, 0.3) is 11.8 Å². The molecule has 0 aliphatic carbocycles. The normalized spacial score (nSPS) is 10.2. The number of anilines is 2. The first-order chi connectivity index (χ1) is 15.4. The fourth-order valence-electron chi connectivity index (χ4n) is 2.89. The molecule has 0 spiro atoms. The third-order valence-electron chi connectivity index (χ3n) is 4.57. The number of hydrogen-bond acceptors (Lipinski definition) is 6. The van der Waals surface area contributed by atoms with Crippen LogP contribution in [0.15, 0.2) is 60.7 Å². The van der Waals surface area contributed by atoms with Gasteiger partial charge in [-0.1, -0.05) is 0 Å². The lowest BCUT2D eigenvalue weighted by Crippen LogP contribution is -2.16. The lowest BCUT2D eigenvalue weighted by atomic mass is 10.1. The fourth-order valence-corrected chi connectivity index (χ4v) is 2.89. The van der Waals surface area contributed by atoms with Gasteiger partial charge >= 0.3 is 5.97 Å². The van der Waals surface area contributed by atoms with Crippen LogP contribution in [-0.4, -0.2) is 36.5 Å². The van der Waals surface area contributed by atoms with E-state index in [2.05, 4.69) is 15.6 Å². The van der Waals surface area contributed by atoms with Crippen molar-refractivity contribution in [3.8, 4) is 5.75 Å². The van der Waals surface area contributed by atoms with Crippen molar-refractivity contribution in [2.75, 3.05) is 24.4 Å². The Labute approximate surface area is 185 Å². The quantitative estimate of drug-likeness (QED) is 0.544. The van der Waals surface area contributed by atoms with Gasteiger partial charge in [-0.3, -0.25) is 9.59 Å². The van der Waals surface area contributed by atoms with Crippen molar-refractivity contribution in [2.24, 2.45) is 0 Å². The molecule has 0 unspecified atom stereocenters. The van der Waals surface area contributed by atoms with E-state index in [4.69, 9.17) is 9.47 Å². The van der Waals surface area contributed by atoms with Crippen LogP contribution in [0.1, 0.15) is 43.8 Å². The number of hydrogen-bond donors (Lipinski definition) is 2. The largest absolute Gasteiger partial charge is 0.497 e. The van der Waals surface area contributed by atoms with Crippen LogP contribution in [0, 0.1) is 6.92 Å². The zero-order valence-corrected chi connectivity index (χ0v) is 18.0. The van der Waals surface area contributed by atoms with Crippen LogP contribution in [0.3, 0.4) is 0 Å². The van der Waals surface area contributed by atoms with E-state index >= 15 is 0 Å². The van der Waals surface area contributed by atoms with Crippen molar-refractivity contribution in [1.82, 2.24) is 4.98 Å². The first-order valence-corrected chi connectivity index (χ1v) is 9.93. The number of pyridine rings is 1. The molecule has 0 bridgehead atoms. The summed E-state index contributed by atoms with van der Waals surface area (Å²) < 4.78 is 10.1. The summed E-state index contributed by atoms with van der Waals surface area (Å²) in [5, 5.41) is 5.52. The molecule has 0 atom stereocenters. The van der Waals surface area contributed by atoms with Crippen molar-refractivity contribution < 1.29 is 23.9 Å². The van der Waals surface area contributed by atoms with Crippen LogP contribution in [0.2, 0.25) is 0 Å². The minimum absolute atomic E-state index is 0.164. The Balaban J connectivity index is 1.63. The minimum atomic E-state index is -0.479. The van der Waals surface area contributed by atoms with E-state index in [-0.39, 0.29) is 18.2 Å². The average molecular weight is 433 g/mol. The summed E-state index contributed by atoms with van der Waals surface area (Å²) in [4.78, 5) is 41.0. The molecule has 164 valence electrons. The van der Waals surface area contributed by atoms with E-state index in [1.807, 2.05) is 0 Å². The summed E-state index contributed by atoms with van der Waals surface area (Å²) in [6.45, 7) is 3.62. The zero-order valence-electron chi connectivity index (χ0n) is 18.0. The van der Waals surface area contributed by atoms with E-state index in [0.29, 0.717) is 33.9 Å². The highest BCUT2D eigenvalue weighted by molar-refractivity contribution is 6.06. The Hall–Kier alpha value is -4.20. The van der Waals surface area contributed by atoms with Crippen molar-refractivity contribution in [2.45, 2.75) is 13.8 Å². The minimum Gasteiger partial charge on any atom is -0.497 e. The van der Waals surface area contributed by atoms with Gasteiger partial charge < -0.3 is 20.1 Å². The van der Waals surface area contributed by atoms with Gasteiger partial charge in [-0.05, 0) is 74.5 Å². The molecule has 2 amide bonds. The highest BCUT2D eigenvalue weighted by Gasteiger charge is 2.15. The Morgan fingerprint density at radius 3 is 2.00 bits per heavy atom. The second kappa shape index (κ2) is 10.2. The monoisotopic (exact) mass is 433 g/mol. The Morgan fingerprint density at radius 2 is 1.44 bits per heavy atom. The van der Waals surface area contributed by atoms with Gasteiger partial charge in [0.05, 0.1) is 25.0 Å². The number of rotatable bonds is 7. The summed E-state index contributed by atoms with van der Waals surface area (Å²) >= 11 is 0. The lowest BCUT2D eigenvalue weighted by Gasteiger charge is -2.09. The SMILES string of the molecule is CCOC(=O)c1ccc(C(=O)Nc2ccc(C(=O)Nc3ccc(OC)cc3)cc2)nc1C. The Morgan fingerprint density at radius 1 is 0.844 bits per heavy atom. The van der Waals surface area contributed by atoms with Crippen LogP contribution >= 0.6 is 0 Å². The summed E-state index contributed by atoms with van der Waals surface area (Å²) in [6, 6.07) is 16.4. The molecule has 8 heteroatoms. The molecule has 0 saturated heterocycles. The maximum Gasteiger partial charge on any atom is 0.339 e. The summed E-state index contributed by atoms with van der Waals surface area (Å²) in [5.41, 5.74) is 2.46. The maximum atomic E-state index is 12.5. The number of aromatic nitrogens is 1. The molecule has 1 heterocycles. The summed E-state index contributed by atoms with van der Waals surface area (Å²) in [6.07, 6.45) is 0. The number of aryl methyl sites for hydroxylation is 1. The number of amides is 2. The molecule has 0 aliphatic heterocycles. The number of benzene rings is 2. The van der Waals surface area contributed by atoms with Gasteiger partial charge in [0.15, 0.2) is 0 Å². The van der Waals surface area contributed by atoms with Gasteiger partial charge in [0.1, 0.15) is 11.4 Å². The second-order valence-electron chi connectivity index (χ2n) is 6.76. The molecule has 3 aromatic rings. The van der Waals surface area contributed by atoms with E-state index in [0.717, 1.165) is 0 Å². The summed E-state index contributed by atoms with van der Waals surface area (Å²) in [5.74, 6) is -0.491. The van der Waals surface area contributed by atoms with Crippen LogP contribution in [-0.2, 0) is 4.74 Å². The maximum absolute atomic E-state index is 12.5. The lowest BCUT2D eigenvalue weighted by molar-refractivity contribution is 0.0524. The third-order valence-corrected chi connectivity index (χ3v) is 4.57. The smallest absolute Gasteiger partial charge is 0.339 e. The van der Waals surface area contributed by atoms with Crippen molar-refractivity contribution >= 4 is 29.2 Å². The summed E-state index contributed by atoms with van der Waals surface area (Å²) in [7, 11) is 1.57. The van der Waals surface area contributed by atoms with Gasteiger partial charge in [0, 0.05) is 16.9 Å². The third kappa shape index (κ3) is 5.48. The van der Waals surface area contributed by atoms with E-state index < -0.39 is 11.9 Å². The Kier molecular flexibility index (Phi) is 7.17. The van der Waals surface area contributed by atoms with Crippen LogP contribution < -0.4 is 15.4 Å². The molecule has 2 N–H and O–H groups in total. The molecule has 0 radical (unpaired) electrons. The van der Waals surface area contributed by atoms with Crippen LogP contribution in [0.5, 0.6) is 5.75 Å². The second-order valence-corrected chi connectivity index (χ2v) is 6.76. The number of methoxy groups -OCH3 is 1. The fraction of sp³-hybridized carbons (Fsp3) is 0.167. The molecule has 1 aromatic heterocycles. The molecule has 3 rings (SSSR count). The highest BCUT2D eigenvalue weighted by atomic mass is 16.5. The van der Waals surface area contributed by atoms with Crippen molar-refractivity contribution in [1.29, 1.82) is 0 Å². The number of esters is 1. The first kappa shape index (κ1) is 22.5. The van der Waals surface area contributed by atoms with Gasteiger partial charge in [0.2, 0.25) is 0 Å². The van der Waals surface area contributed by atoms with Gasteiger partial charge in [-0.2, -0.15) is 0 Å². The molecule has 2 aromatic carbocycles. The molecule has 0 fully saturated rings. The molecule has 0 aliphatic rings.